The highest BCUT2D eigenvalue weighted by molar-refractivity contribution is 9.10. The lowest BCUT2D eigenvalue weighted by molar-refractivity contribution is 0.0992. The van der Waals surface area contributed by atoms with Gasteiger partial charge in [-0.1, -0.05) is 40.2 Å². The van der Waals surface area contributed by atoms with Crippen LogP contribution in [-0.4, -0.2) is 5.78 Å². The van der Waals surface area contributed by atoms with Gasteiger partial charge in [0.05, 0.1) is 0 Å². The van der Waals surface area contributed by atoms with E-state index in [9.17, 15) is 4.79 Å². The average molecular weight is 345 g/mol. The Labute approximate surface area is 130 Å². The monoisotopic (exact) mass is 344 g/mol. The summed E-state index contributed by atoms with van der Waals surface area (Å²) in [7, 11) is 0. The summed E-state index contributed by atoms with van der Waals surface area (Å²) in [5.74, 6) is 0.153. The first kappa shape index (κ1) is 13.5. The Hall–Kier alpha value is -1.45. The molecule has 0 fully saturated rings. The van der Waals surface area contributed by atoms with Gasteiger partial charge in [0.25, 0.3) is 0 Å². The molecule has 1 heterocycles. The summed E-state index contributed by atoms with van der Waals surface area (Å²) in [5, 5.41) is 3.28. The van der Waals surface area contributed by atoms with Crippen molar-refractivity contribution in [3.05, 3.63) is 69.0 Å². The van der Waals surface area contributed by atoms with Gasteiger partial charge in [0, 0.05) is 21.2 Å². The maximum atomic E-state index is 12.5. The topological polar surface area (TPSA) is 17.1 Å². The van der Waals surface area contributed by atoms with E-state index in [1.54, 1.807) is 11.3 Å². The van der Waals surface area contributed by atoms with Crippen molar-refractivity contribution in [1.82, 2.24) is 0 Å². The van der Waals surface area contributed by atoms with Gasteiger partial charge in [-0.25, -0.2) is 0 Å². The maximum Gasteiger partial charge on any atom is 0.168 e. The lowest BCUT2D eigenvalue weighted by atomic mass is 10.0. The third-order valence-corrected chi connectivity index (χ3v) is 5.01. The number of carbonyl (C=O) groups is 1. The van der Waals surface area contributed by atoms with Crippen molar-refractivity contribution in [2.24, 2.45) is 0 Å². The molecule has 0 saturated heterocycles. The number of hydrogen-bond donors (Lipinski definition) is 0. The molecule has 3 rings (SSSR count). The van der Waals surface area contributed by atoms with Crippen LogP contribution in [0, 0.1) is 6.92 Å². The lowest BCUT2D eigenvalue weighted by Crippen LogP contribution is -2.04. The Kier molecular flexibility index (Phi) is 3.72. The number of fused-ring (bicyclic) bond motifs is 1. The van der Waals surface area contributed by atoms with Gasteiger partial charge in [-0.15, -0.1) is 11.3 Å². The zero-order chi connectivity index (χ0) is 14.1. The summed E-state index contributed by atoms with van der Waals surface area (Å²) < 4.78 is 2.11. The third-order valence-electron chi connectivity index (χ3n) is 3.34. The molecular formula is C17H13BrOS. The molecule has 1 nitrogen and oxygen atoms in total. The molecule has 0 aliphatic carbocycles. The number of carbonyl (C=O) groups excluding carboxylic acids is 1. The van der Waals surface area contributed by atoms with E-state index < -0.39 is 0 Å². The van der Waals surface area contributed by atoms with Crippen LogP contribution < -0.4 is 0 Å². The highest BCUT2D eigenvalue weighted by Crippen LogP contribution is 2.28. The van der Waals surface area contributed by atoms with E-state index in [4.69, 9.17) is 0 Å². The predicted molar refractivity (Wildman–Crippen MR) is 88.7 cm³/mol. The fourth-order valence-electron chi connectivity index (χ4n) is 2.28. The van der Waals surface area contributed by atoms with Gasteiger partial charge in [0.1, 0.15) is 0 Å². The van der Waals surface area contributed by atoms with Crippen LogP contribution in [0.1, 0.15) is 21.5 Å². The largest absolute Gasteiger partial charge is 0.294 e. The number of benzene rings is 2. The van der Waals surface area contributed by atoms with Crippen molar-refractivity contribution >= 4 is 43.1 Å². The number of Topliss-reactive ketones (excluding diaryl/α,β-unsaturated/α-hetero) is 1. The van der Waals surface area contributed by atoms with Crippen LogP contribution in [0.3, 0.4) is 0 Å². The van der Waals surface area contributed by atoms with Crippen molar-refractivity contribution < 1.29 is 4.79 Å². The van der Waals surface area contributed by atoms with Crippen LogP contribution in [-0.2, 0) is 6.42 Å². The quantitative estimate of drug-likeness (QED) is 0.581. The molecule has 0 N–H and O–H groups in total. The summed E-state index contributed by atoms with van der Waals surface area (Å²) in [6, 6.07) is 14.1. The van der Waals surface area contributed by atoms with Crippen molar-refractivity contribution in [3.8, 4) is 0 Å². The molecule has 0 bridgehead atoms. The minimum atomic E-state index is 0.153. The summed E-state index contributed by atoms with van der Waals surface area (Å²) in [4.78, 5) is 12.5. The molecule has 20 heavy (non-hydrogen) atoms. The van der Waals surface area contributed by atoms with Gasteiger partial charge in [-0.05, 0) is 47.0 Å². The number of aryl methyl sites for hydroxylation is 1. The zero-order valence-electron chi connectivity index (χ0n) is 11.0. The van der Waals surface area contributed by atoms with E-state index in [1.165, 1.54) is 10.1 Å². The third kappa shape index (κ3) is 2.56. The molecule has 0 aliphatic rings. The number of rotatable bonds is 3. The zero-order valence-corrected chi connectivity index (χ0v) is 13.4. The fourth-order valence-corrected chi connectivity index (χ4v) is 3.96. The Morgan fingerprint density at radius 2 is 2.00 bits per heavy atom. The summed E-state index contributed by atoms with van der Waals surface area (Å²) >= 11 is 5.18. The van der Waals surface area contributed by atoms with Gasteiger partial charge < -0.3 is 0 Å². The highest BCUT2D eigenvalue weighted by Gasteiger charge is 2.13. The standard InChI is InChI=1S/C17H13BrOS/c1-11-6-7-14(15(18)8-11)16(19)9-12-10-20-17-5-3-2-4-13(12)17/h2-8,10H,9H2,1H3. The van der Waals surface area contributed by atoms with E-state index in [1.807, 2.05) is 37.3 Å². The molecule has 2 aromatic carbocycles. The first-order chi connectivity index (χ1) is 9.65. The molecule has 0 amide bonds. The van der Waals surface area contributed by atoms with Crippen LogP contribution >= 0.6 is 27.3 Å². The normalized spacial score (nSPS) is 10.9. The average Bonchev–Trinajstić information content (AvgIpc) is 2.82. The van der Waals surface area contributed by atoms with E-state index in [0.717, 1.165) is 21.2 Å². The minimum absolute atomic E-state index is 0.153. The summed E-state index contributed by atoms with van der Waals surface area (Å²) in [5.41, 5.74) is 3.02. The van der Waals surface area contributed by atoms with Crippen LogP contribution in [0.15, 0.2) is 52.3 Å². The number of ketones is 1. The fraction of sp³-hybridized carbons (Fsp3) is 0.118. The van der Waals surface area contributed by atoms with Crippen molar-refractivity contribution in [2.45, 2.75) is 13.3 Å². The maximum absolute atomic E-state index is 12.5. The van der Waals surface area contributed by atoms with Crippen molar-refractivity contribution in [2.75, 3.05) is 0 Å². The Morgan fingerprint density at radius 3 is 2.80 bits per heavy atom. The van der Waals surface area contributed by atoms with Crippen LogP contribution in [0.5, 0.6) is 0 Å². The molecular weight excluding hydrogens is 332 g/mol. The molecule has 3 heteroatoms. The van der Waals surface area contributed by atoms with E-state index in [-0.39, 0.29) is 5.78 Å². The lowest BCUT2D eigenvalue weighted by Gasteiger charge is -2.04. The molecule has 0 aliphatic heterocycles. The molecule has 1 aromatic heterocycles. The summed E-state index contributed by atoms with van der Waals surface area (Å²) in [6.45, 7) is 2.02. The first-order valence-corrected chi connectivity index (χ1v) is 8.07. The molecule has 0 unspecified atom stereocenters. The van der Waals surface area contributed by atoms with Gasteiger partial charge in [0.2, 0.25) is 0 Å². The Balaban J connectivity index is 1.92. The van der Waals surface area contributed by atoms with Crippen LogP contribution in [0.25, 0.3) is 10.1 Å². The molecule has 0 radical (unpaired) electrons. The molecule has 0 saturated carbocycles. The second-order valence-electron chi connectivity index (χ2n) is 4.84. The second kappa shape index (κ2) is 5.51. The first-order valence-electron chi connectivity index (χ1n) is 6.39. The molecule has 0 spiro atoms. The van der Waals surface area contributed by atoms with Crippen molar-refractivity contribution in [3.63, 3.8) is 0 Å². The smallest absolute Gasteiger partial charge is 0.168 e. The number of halogens is 1. The minimum Gasteiger partial charge on any atom is -0.294 e. The Morgan fingerprint density at radius 1 is 1.20 bits per heavy atom. The summed E-state index contributed by atoms with van der Waals surface area (Å²) in [6.07, 6.45) is 0.450. The van der Waals surface area contributed by atoms with E-state index in [0.29, 0.717) is 6.42 Å². The van der Waals surface area contributed by atoms with Gasteiger partial charge in [-0.3, -0.25) is 4.79 Å². The van der Waals surface area contributed by atoms with Crippen LogP contribution in [0.2, 0.25) is 0 Å². The van der Waals surface area contributed by atoms with Gasteiger partial charge >= 0.3 is 0 Å². The molecule has 3 aromatic rings. The van der Waals surface area contributed by atoms with E-state index in [2.05, 4.69) is 33.4 Å². The van der Waals surface area contributed by atoms with Crippen LogP contribution in [0.4, 0.5) is 0 Å². The SMILES string of the molecule is Cc1ccc(C(=O)Cc2csc3ccccc23)c(Br)c1. The van der Waals surface area contributed by atoms with Crippen molar-refractivity contribution in [1.29, 1.82) is 0 Å². The Bertz CT molecular complexity index is 789. The van der Waals surface area contributed by atoms with E-state index >= 15 is 0 Å². The number of hydrogen-bond acceptors (Lipinski definition) is 2. The van der Waals surface area contributed by atoms with Gasteiger partial charge in [0.15, 0.2) is 5.78 Å². The predicted octanol–water partition coefficient (Wildman–Crippen LogP) is 5.40. The highest BCUT2D eigenvalue weighted by atomic mass is 79.9. The number of thiophene rings is 1. The second-order valence-corrected chi connectivity index (χ2v) is 6.61. The molecule has 0 atom stereocenters. The van der Waals surface area contributed by atoms with Gasteiger partial charge in [-0.2, -0.15) is 0 Å². The molecule has 100 valence electrons.